The van der Waals surface area contributed by atoms with Gasteiger partial charge in [0, 0.05) is 11.8 Å². The Morgan fingerprint density at radius 2 is 2.50 bits per heavy atom. The first kappa shape index (κ1) is 8.84. The Morgan fingerprint density at radius 1 is 1.75 bits per heavy atom. The molecule has 0 aromatic rings. The Balaban J connectivity index is 2.23. The van der Waals surface area contributed by atoms with Crippen LogP contribution in [0.1, 0.15) is 0 Å². The zero-order valence-electron chi connectivity index (χ0n) is 6.56. The van der Waals surface area contributed by atoms with Gasteiger partial charge in [-0.3, -0.25) is 11.3 Å². The lowest BCUT2D eigenvalue weighted by molar-refractivity contribution is -0.102. The lowest BCUT2D eigenvalue weighted by Gasteiger charge is -2.28. The van der Waals surface area contributed by atoms with Gasteiger partial charge in [-0.05, 0) is 0 Å². The summed E-state index contributed by atoms with van der Waals surface area (Å²) in [5.74, 6) is 5.94. The number of nitrogens with two attached hydrogens (primary N) is 1. The van der Waals surface area contributed by atoms with E-state index in [4.69, 9.17) is 23.2 Å². The van der Waals surface area contributed by atoms with Crippen molar-refractivity contribution in [3.63, 3.8) is 0 Å². The smallest absolute Gasteiger partial charge is 0.119 e. The third kappa shape index (κ3) is 0.960. The predicted octanol–water partition coefficient (Wildman–Crippen LogP) is -1.59. The van der Waals surface area contributed by atoms with Gasteiger partial charge in [-0.15, -0.1) is 0 Å². The first-order valence-corrected chi connectivity index (χ1v) is 4.49. The zero-order valence-corrected chi connectivity index (χ0v) is 7.46. The standard InChI is InChI=1S/C6H11BN2O2S/c7-5-3-4(9-8)6(2-12,11-5)1-10-3/h3-5,9,12H,1-2,8H2/t3?,4?,5-,6-/m1/s1. The van der Waals surface area contributed by atoms with Crippen LogP contribution in [-0.2, 0) is 9.47 Å². The molecule has 12 heavy (non-hydrogen) atoms. The molecule has 3 N–H and O–H groups in total. The SMILES string of the molecule is [B][C@@H]1O[C@@]2(CS)COC1C2NN. The van der Waals surface area contributed by atoms with E-state index < -0.39 is 5.60 Å². The molecule has 0 saturated carbocycles. The van der Waals surface area contributed by atoms with Crippen LogP contribution >= 0.6 is 12.6 Å². The molecule has 0 spiro atoms. The lowest BCUT2D eigenvalue weighted by Crippen LogP contribution is -2.52. The Hall–Kier alpha value is 0.255. The van der Waals surface area contributed by atoms with Crippen molar-refractivity contribution < 1.29 is 9.47 Å². The summed E-state index contributed by atoms with van der Waals surface area (Å²) < 4.78 is 11.0. The Labute approximate surface area is 77.9 Å². The highest BCUT2D eigenvalue weighted by Crippen LogP contribution is 2.39. The first-order chi connectivity index (χ1) is 5.73. The fourth-order valence-corrected chi connectivity index (χ4v) is 2.24. The minimum absolute atomic E-state index is 0.0370. The molecule has 0 amide bonds. The van der Waals surface area contributed by atoms with Gasteiger partial charge in [0.25, 0.3) is 0 Å². The van der Waals surface area contributed by atoms with E-state index in [1.807, 2.05) is 0 Å². The topological polar surface area (TPSA) is 56.5 Å². The summed E-state index contributed by atoms with van der Waals surface area (Å²) in [7, 11) is 5.67. The third-order valence-electron chi connectivity index (χ3n) is 2.56. The fraction of sp³-hybridized carbons (Fsp3) is 1.00. The van der Waals surface area contributed by atoms with Gasteiger partial charge in [0.2, 0.25) is 0 Å². The van der Waals surface area contributed by atoms with E-state index >= 15 is 0 Å². The van der Waals surface area contributed by atoms with Crippen molar-refractivity contribution in [3.8, 4) is 0 Å². The van der Waals surface area contributed by atoms with E-state index in [1.54, 1.807) is 0 Å². The third-order valence-corrected chi connectivity index (χ3v) is 3.09. The summed E-state index contributed by atoms with van der Waals surface area (Å²) >= 11 is 4.21. The van der Waals surface area contributed by atoms with Crippen LogP contribution in [0.3, 0.4) is 0 Å². The van der Waals surface area contributed by atoms with Gasteiger partial charge < -0.3 is 9.47 Å². The van der Waals surface area contributed by atoms with Gasteiger partial charge in [-0.1, -0.05) is 0 Å². The summed E-state index contributed by atoms with van der Waals surface area (Å²) in [4.78, 5) is 0. The van der Waals surface area contributed by atoms with E-state index in [2.05, 4.69) is 18.1 Å². The Morgan fingerprint density at radius 3 is 2.92 bits per heavy atom. The molecular formula is C6H11BN2O2S. The van der Waals surface area contributed by atoms with Crippen molar-refractivity contribution in [2.24, 2.45) is 5.84 Å². The maximum atomic E-state index is 5.67. The Kier molecular flexibility index (Phi) is 2.12. The molecule has 2 heterocycles. The van der Waals surface area contributed by atoms with Gasteiger partial charge in [0.1, 0.15) is 13.4 Å². The van der Waals surface area contributed by atoms with Gasteiger partial charge in [-0.2, -0.15) is 12.6 Å². The van der Waals surface area contributed by atoms with Crippen LogP contribution < -0.4 is 11.3 Å². The number of nitrogens with one attached hydrogen (secondary N) is 1. The predicted molar refractivity (Wildman–Crippen MR) is 48.1 cm³/mol. The highest BCUT2D eigenvalue weighted by Gasteiger charge is 2.58. The molecule has 0 aliphatic carbocycles. The van der Waals surface area contributed by atoms with Crippen LogP contribution in [0.25, 0.3) is 0 Å². The number of ether oxygens (including phenoxy) is 2. The highest BCUT2D eigenvalue weighted by atomic mass is 32.1. The molecule has 0 aromatic heterocycles. The largest absolute Gasteiger partial charge is 0.374 e. The first-order valence-electron chi connectivity index (χ1n) is 3.85. The van der Waals surface area contributed by atoms with Crippen LogP contribution in [0, 0.1) is 0 Å². The number of hydrogen-bond donors (Lipinski definition) is 3. The van der Waals surface area contributed by atoms with Crippen molar-refractivity contribution in [2.45, 2.75) is 23.8 Å². The van der Waals surface area contributed by atoms with Gasteiger partial charge in [-0.25, -0.2) is 0 Å². The molecule has 2 radical (unpaired) electrons. The highest BCUT2D eigenvalue weighted by molar-refractivity contribution is 7.80. The van der Waals surface area contributed by atoms with Crippen LogP contribution in [-0.4, -0.2) is 44.0 Å². The van der Waals surface area contributed by atoms with Crippen molar-refractivity contribution in [3.05, 3.63) is 0 Å². The van der Waals surface area contributed by atoms with E-state index in [-0.39, 0.29) is 18.1 Å². The number of hydrogen-bond acceptors (Lipinski definition) is 5. The quantitative estimate of drug-likeness (QED) is 0.210. The zero-order chi connectivity index (χ0) is 8.77. The second-order valence-corrected chi connectivity index (χ2v) is 3.54. The number of thiol groups is 1. The molecule has 6 heteroatoms. The van der Waals surface area contributed by atoms with Crippen molar-refractivity contribution in [1.29, 1.82) is 0 Å². The van der Waals surface area contributed by atoms with Gasteiger partial charge in [0.05, 0.1) is 18.8 Å². The molecule has 2 unspecified atom stereocenters. The van der Waals surface area contributed by atoms with E-state index in [1.165, 1.54) is 0 Å². The second kappa shape index (κ2) is 2.89. The van der Waals surface area contributed by atoms with Crippen LogP contribution in [0.15, 0.2) is 0 Å². The van der Waals surface area contributed by atoms with Gasteiger partial charge in [0.15, 0.2) is 0 Å². The minimum Gasteiger partial charge on any atom is -0.374 e. The average molecular weight is 186 g/mol. The van der Waals surface area contributed by atoms with Crippen molar-refractivity contribution in [2.75, 3.05) is 12.4 Å². The number of rotatable bonds is 2. The summed E-state index contributed by atoms with van der Waals surface area (Å²) in [6.45, 7) is 0.518. The molecular weight excluding hydrogens is 175 g/mol. The second-order valence-electron chi connectivity index (χ2n) is 3.23. The van der Waals surface area contributed by atoms with Gasteiger partial charge >= 0.3 is 0 Å². The molecule has 2 saturated heterocycles. The van der Waals surface area contributed by atoms with E-state index in [0.29, 0.717) is 12.4 Å². The maximum absolute atomic E-state index is 5.67. The normalized spacial score (nSPS) is 51.7. The van der Waals surface area contributed by atoms with Crippen LogP contribution in [0.2, 0.25) is 0 Å². The van der Waals surface area contributed by atoms with Crippen LogP contribution in [0.5, 0.6) is 0 Å². The summed E-state index contributed by atoms with van der Waals surface area (Å²) in [6, 6.07) is -0.419. The monoisotopic (exact) mass is 186 g/mol. The number of fused-ring (bicyclic) bond motifs is 2. The maximum Gasteiger partial charge on any atom is 0.119 e. The molecule has 0 aromatic carbocycles. The molecule has 2 aliphatic rings. The van der Waals surface area contributed by atoms with E-state index in [0.717, 1.165) is 0 Å². The van der Waals surface area contributed by atoms with E-state index in [9.17, 15) is 0 Å². The number of hydrazine groups is 1. The molecule has 2 rings (SSSR count). The molecule has 4 atom stereocenters. The molecule has 4 nitrogen and oxygen atoms in total. The minimum atomic E-state index is -0.429. The average Bonchev–Trinajstić information content (AvgIpc) is 2.56. The van der Waals surface area contributed by atoms with Crippen molar-refractivity contribution >= 4 is 20.5 Å². The van der Waals surface area contributed by atoms with Crippen LogP contribution in [0.4, 0.5) is 0 Å². The molecule has 66 valence electrons. The molecule has 2 bridgehead atoms. The fourth-order valence-electron chi connectivity index (χ4n) is 1.88. The lowest BCUT2D eigenvalue weighted by atomic mass is 9.91. The summed E-state index contributed by atoms with van der Waals surface area (Å²) in [5.41, 5.74) is 2.24. The summed E-state index contributed by atoms with van der Waals surface area (Å²) in [6.07, 6.45) is -0.137. The Bertz CT molecular complexity index is 196. The summed E-state index contributed by atoms with van der Waals surface area (Å²) in [5, 5.41) is 0. The van der Waals surface area contributed by atoms with Crippen molar-refractivity contribution in [1.82, 2.24) is 5.43 Å². The molecule has 2 aliphatic heterocycles. The molecule has 2 fully saturated rings.